The quantitative estimate of drug-likeness (QED) is 0.672. The normalized spacial score (nSPS) is 10.9. The number of hydrogen-bond donors (Lipinski definition) is 1. The second kappa shape index (κ2) is 6.93. The molecule has 7 heteroatoms. The molecular weight excluding hydrogens is 356 g/mol. The summed E-state index contributed by atoms with van der Waals surface area (Å²) < 4.78 is 5.97. The standard InChI is InChI=1S/C18H18N2O3S2/c1-5-23-17(22)14-11(4)13-16(24-14)20-18(25-13)19-15(21)12-7-6-9(2)10(3)8-12/h6-8H,5H2,1-4H3,(H,19,20,21). The Morgan fingerprint density at radius 1 is 1.16 bits per heavy atom. The van der Waals surface area contributed by atoms with Crippen molar-refractivity contribution in [1.82, 2.24) is 4.98 Å². The van der Waals surface area contributed by atoms with Crippen molar-refractivity contribution in [2.24, 2.45) is 0 Å². The van der Waals surface area contributed by atoms with Gasteiger partial charge in [-0.25, -0.2) is 9.78 Å². The van der Waals surface area contributed by atoms with Crippen molar-refractivity contribution in [1.29, 1.82) is 0 Å². The summed E-state index contributed by atoms with van der Waals surface area (Å²) in [6.07, 6.45) is 0. The van der Waals surface area contributed by atoms with Crippen LogP contribution in [0.2, 0.25) is 0 Å². The van der Waals surface area contributed by atoms with Crippen LogP contribution >= 0.6 is 22.7 Å². The van der Waals surface area contributed by atoms with Gasteiger partial charge in [0.1, 0.15) is 9.71 Å². The Labute approximate surface area is 153 Å². The molecule has 0 saturated heterocycles. The number of benzene rings is 1. The lowest BCUT2D eigenvalue weighted by molar-refractivity contribution is 0.0531. The van der Waals surface area contributed by atoms with Gasteiger partial charge in [-0.2, -0.15) is 0 Å². The van der Waals surface area contributed by atoms with Crippen LogP contribution in [0.15, 0.2) is 18.2 Å². The Morgan fingerprint density at radius 2 is 1.92 bits per heavy atom. The van der Waals surface area contributed by atoms with Gasteiger partial charge in [0, 0.05) is 5.56 Å². The van der Waals surface area contributed by atoms with Crippen LogP contribution in [0.1, 0.15) is 43.6 Å². The van der Waals surface area contributed by atoms with Crippen LogP contribution in [0.25, 0.3) is 9.53 Å². The fourth-order valence-corrected chi connectivity index (χ4v) is 4.59. The van der Waals surface area contributed by atoms with E-state index in [4.69, 9.17) is 4.74 Å². The summed E-state index contributed by atoms with van der Waals surface area (Å²) in [5, 5.41) is 3.37. The predicted octanol–water partition coefficient (Wildman–Crippen LogP) is 4.71. The smallest absolute Gasteiger partial charge is 0.348 e. The van der Waals surface area contributed by atoms with E-state index in [1.807, 2.05) is 32.9 Å². The minimum atomic E-state index is -0.323. The van der Waals surface area contributed by atoms with Gasteiger partial charge in [-0.15, -0.1) is 11.3 Å². The molecule has 0 saturated carbocycles. The van der Waals surface area contributed by atoms with Gasteiger partial charge in [-0.3, -0.25) is 10.1 Å². The van der Waals surface area contributed by atoms with Gasteiger partial charge in [-0.1, -0.05) is 17.4 Å². The first-order valence-electron chi connectivity index (χ1n) is 7.86. The number of ether oxygens (including phenoxy) is 1. The maximum absolute atomic E-state index is 12.4. The molecule has 2 heterocycles. The zero-order valence-electron chi connectivity index (χ0n) is 14.4. The lowest BCUT2D eigenvalue weighted by atomic mass is 10.1. The number of thiophene rings is 1. The highest BCUT2D eigenvalue weighted by Crippen LogP contribution is 2.37. The van der Waals surface area contributed by atoms with Gasteiger partial charge in [0.05, 0.1) is 11.3 Å². The Bertz CT molecular complexity index is 972. The van der Waals surface area contributed by atoms with Gasteiger partial charge < -0.3 is 4.74 Å². The molecule has 0 aliphatic carbocycles. The molecule has 25 heavy (non-hydrogen) atoms. The monoisotopic (exact) mass is 374 g/mol. The predicted molar refractivity (Wildman–Crippen MR) is 102 cm³/mol. The van der Waals surface area contributed by atoms with E-state index in [1.54, 1.807) is 13.0 Å². The first-order chi connectivity index (χ1) is 11.9. The molecule has 2 aromatic heterocycles. The van der Waals surface area contributed by atoms with Crippen molar-refractivity contribution >= 4 is 49.2 Å². The van der Waals surface area contributed by atoms with E-state index in [1.165, 1.54) is 22.7 Å². The van der Waals surface area contributed by atoms with E-state index in [0.29, 0.717) is 22.2 Å². The number of fused-ring (bicyclic) bond motifs is 1. The van der Waals surface area contributed by atoms with Gasteiger partial charge in [0.25, 0.3) is 5.91 Å². The third-order valence-corrected chi connectivity index (χ3v) is 6.31. The van der Waals surface area contributed by atoms with E-state index in [9.17, 15) is 9.59 Å². The van der Waals surface area contributed by atoms with Crippen molar-refractivity contribution in [2.45, 2.75) is 27.7 Å². The molecule has 0 fully saturated rings. The van der Waals surface area contributed by atoms with Crippen molar-refractivity contribution in [3.8, 4) is 0 Å². The van der Waals surface area contributed by atoms with Gasteiger partial charge in [0.15, 0.2) is 5.13 Å². The lowest BCUT2D eigenvalue weighted by Crippen LogP contribution is -2.11. The van der Waals surface area contributed by atoms with Gasteiger partial charge in [0.2, 0.25) is 0 Å². The number of nitrogens with zero attached hydrogens (tertiary/aromatic N) is 1. The first-order valence-corrected chi connectivity index (χ1v) is 9.49. The fourth-order valence-electron chi connectivity index (χ4n) is 2.39. The molecule has 1 aromatic carbocycles. The van der Waals surface area contributed by atoms with Crippen LogP contribution in [0.5, 0.6) is 0 Å². The van der Waals surface area contributed by atoms with E-state index in [0.717, 1.165) is 26.2 Å². The SMILES string of the molecule is CCOC(=O)c1sc2nc(NC(=O)c3ccc(C)c(C)c3)sc2c1C. The second-order valence-corrected chi connectivity index (χ2v) is 7.68. The molecule has 0 aliphatic rings. The van der Waals surface area contributed by atoms with Crippen molar-refractivity contribution in [2.75, 3.05) is 11.9 Å². The number of anilines is 1. The summed E-state index contributed by atoms with van der Waals surface area (Å²) in [6, 6.07) is 5.60. The highest BCUT2D eigenvalue weighted by atomic mass is 32.1. The molecule has 0 radical (unpaired) electrons. The Balaban J connectivity index is 1.84. The van der Waals surface area contributed by atoms with Crippen LogP contribution in [0.3, 0.4) is 0 Å². The largest absolute Gasteiger partial charge is 0.462 e. The van der Waals surface area contributed by atoms with Crippen molar-refractivity contribution < 1.29 is 14.3 Å². The molecule has 0 bridgehead atoms. The zero-order chi connectivity index (χ0) is 18.1. The van der Waals surface area contributed by atoms with Crippen LogP contribution in [0, 0.1) is 20.8 Å². The van der Waals surface area contributed by atoms with E-state index in [2.05, 4.69) is 10.3 Å². The minimum absolute atomic E-state index is 0.187. The molecule has 5 nitrogen and oxygen atoms in total. The molecule has 0 unspecified atom stereocenters. The Kier molecular flexibility index (Phi) is 4.87. The molecule has 3 rings (SSSR count). The maximum Gasteiger partial charge on any atom is 0.348 e. The summed E-state index contributed by atoms with van der Waals surface area (Å²) in [6.45, 7) is 7.98. The number of aromatic nitrogens is 1. The maximum atomic E-state index is 12.4. The number of aryl methyl sites for hydroxylation is 3. The number of rotatable bonds is 4. The number of hydrogen-bond acceptors (Lipinski definition) is 6. The van der Waals surface area contributed by atoms with Crippen molar-refractivity contribution in [3.05, 3.63) is 45.3 Å². The minimum Gasteiger partial charge on any atom is -0.462 e. The lowest BCUT2D eigenvalue weighted by Gasteiger charge is -2.05. The van der Waals surface area contributed by atoms with Gasteiger partial charge in [-0.05, 0) is 56.5 Å². The van der Waals surface area contributed by atoms with Crippen LogP contribution in [-0.2, 0) is 4.74 Å². The average molecular weight is 374 g/mol. The summed E-state index contributed by atoms with van der Waals surface area (Å²) >= 11 is 2.66. The molecule has 0 atom stereocenters. The second-order valence-electron chi connectivity index (χ2n) is 5.68. The third kappa shape index (κ3) is 3.43. The van der Waals surface area contributed by atoms with Crippen molar-refractivity contribution in [3.63, 3.8) is 0 Å². The van der Waals surface area contributed by atoms with Crippen LogP contribution in [-0.4, -0.2) is 23.5 Å². The third-order valence-electron chi connectivity index (χ3n) is 3.93. The van der Waals surface area contributed by atoms with E-state index in [-0.39, 0.29) is 11.9 Å². The molecule has 1 N–H and O–H groups in total. The zero-order valence-corrected chi connectivity index (χ0v) is 16.1. The summed E-state index contributed by atoms with van der Waals surface area (Å²) in [5.41, 5.74) is 3.67. The first kappa shape index (κ1) is 17.6. The highest BCUT2D eigenvalue weighted by molar-refractivity contribution is 7.30. The number of carbonyl (C=O) groups is 2. The molecule has 0 spiro atoms. The summed E-state index contributed by atoms with van der Waals surface area (Å²) in [4.78, 5) is 30.1. The summed E-state index contributed by atoms with van der Waals surface area (Å²) in [7, 11) is 0. The van der Waals surface area contributed by atoms with E-state index < -0.39 is 0 Å². The highest BCUT2D eigenvalue weighted by Gasteiger charge is 2.20. The number of carbonyl (C=O) groups excluding carboxylic acids is 2. The molecule has 3 aromatic rings. The molecule has 0 aliphatic heterocycles. The number of nitrogens with one attached hydrogen (secondary N) is 1. The number of thiazole rings is 1. The Hall–Kier alpha value is -2.25. The Morgan fingerprint density at radius 3 is 2.56 bits per heavy atom. The fraction of sp³-hybridized carbons (Fsp3) is 0.278. The van der Waals surface area contributed by atoms with Crippen LogP contribution in [0.4, 0.5) is 5.13 Å². The van der Waals surface area contributed by atoms with Crippen LogP contribution < -0.4 is 5.32 Å². The average Bonchev–Trinajstić information content (AvgIpc) is 3.09. The van der Waals surface area contributed by atoms with E-state index >= 15 is 0 Å². The number of amides is 1. The molecule has 1 amide bonds. The molecular formula is C18H18N2O3S2. The molecule has 130 valence electrons. The topological polar surface area (TPSA) is 68.3 Å². The van der Waals surface area contributed by atoms with Gasteiger partial charge >= 0.3 is 5.97 Å². The number of esters is 1. The summed E-state index contributed by atoms with van der Waals surface area (Å²) in [5.74, 6) is -0.510.